The Morgan fingerprint density at radius 2 is 1.65 bits per heavy atom. The van der Waals surface area contributed by atoms with Crippen LogP contribution in [-0.4, -0.2) is 50.4 Å². The van der Waals surface area contributed by atoms with Crippen LogP contribution in [-0.2, 0) is 26.2 Å². The maximum absolute atomic E-state index is 13.2. The number of hydrogen-bond donors (Lipinski definition) is 1. The number of benzene rings is 3. The molecule has 3 aromatic carbocycles. The molecule has 1 N–H and O–H groups in total. The van der Waals surface area contributed by atoms with E-state index in [0.29, 0.717) is 67.8 Å². The topological polar surface area (TPSA) is 107 Å². The van der Waals surface area contributed by atoms with Gasteiger partial charge >= 0.3 is 0 Å². The third-order valence-corrected chi connectivity index (χ3v) is 6.97. The van der Waals surface area contributed by atoms with E-state index in [1.54, 1.807) is 11.8 Å². The molecule has 0 radical (unpaired) electrons. The van der Waals surface area contributed by atoms with Crippen molar-refractivity contribution in [2.75, 3.05) is 20.3 Å². The van der Waals surface area contributed by atoms with Crippen LogP contribution in [0.15, 0.2) is 71.5 Å². The maximum Gasteiger partial charge on any atom is 0.252 e. The monoisotopic (exact) mass is 538 g/mol. The summed E-state index contributed by atoms with van der Waals surface area (Å²) in [7, 11) is 1.65. The van der Waals surface area contributed by atoms with E-state index < -0.39 is 0 Å². The highest BCUT2D eigenvalue weighted by Crippen LogP contribution is 2.33. The van der Waals surface area contributed by atoms with Gasteiger partial charge in [0, 0.05) is 30.1 Å². The van der Waals surface area contributed by atoms with Crippen LogP contribution in [0.1, 0.15) is 28.1 Å². The summed E-state index contributed by atoms with van der Waals surface area (Å²) in [4.78, 5) is 18.4. The van der Waals surface area contributed by atoms with Gasteiger partial charge in [0.25, 0.3) is 5.56 Å². The van der Waals surface area contributed by atoms with Crippen LogP contribution in [0.3, 0.4) is 0 Å². The minimum absolute atomic E-state index is 0.143. The summed E-state index contributed by atoms with van der Waals surface area (Å²) in [5.41, 5.74) is 4.60. The normalized spacial score (nSPS) is 12.7. The van der Waals surface area contributed by atoms with E-state index in [4.69, 9.17) is 14.2 Å². The molecule has 5 aromatic rings. The fourth-order valence-corrected chi connectivity index (χ4v) is 4.83. The largest absolute Gasteiger partial charge is 0.497 e. The molecule has 0 amide bonds. The number of ether oxygens (including phenoxy) is 3. The van der Waals surface area contributed by atoms with Gasteiger partial charge in [-0.3, -0.25) is 9.69 Å². The van der Waals surface area contributed by atoms with E-state index in [1.807, 2.05) is 42.5 Å². The van der Waals surface area contributed by atoms with Crippen LogP contribution in [0.2, 0.25) is 0 Å². The summed E-state index contributed by atoms with van der Waals surface area (Å²) >= 11 is 0. The van der Waals surface area contributed by atoms with Gasteiger partial charge in [-0.05, 0) is 52.7 Å². The molecule has 0 fully saturated rings. The summed E-state index contributed by atoms with van der Waals surface area (Å²) in [5.74, 6) is 2.84. The first-order valence-electron chi connectivity index (χ1n) is 13.2. The van der Waals surface area contributed by atoms with Crippen molar-refractivity contribution in [1.29, 1.82) is 0 Å². The number of nitrogens with zero attached hydrogens (tertiary/aromatic N) is 5. The zero-order chi connectivity index (χ0) is 27.5. The quantitative estimate of drug-likeness (QED) is 0.302. The molecule has 204 valence electrons. The van der Waals surface area contributed by atoms with Crippen LogP contribution in [0.4, 0.5) is 0 Å². The Labute approximate surface area is 231 Å². The number of hydrogen-bond acceptors (Lipinski definition) is 8. The summed E-state index contributed by atoms with van der Waals surface area (Å²) < 4.78 is 18.5. The first-order chi connectivity index (χ1) is 19.5. The molecule has 0 bridgehead atoms. The zero-order valence-electron chi connectivity index (χ0n) is 22.5. The minimum Gasteiger partial charge on any atom is -0.497 e. The first-order valence-corrected chi connectivity index (χ1v) is 13.2. The highest BCUT2D eigenvalue weighted by atomic mass is 16.6. The second-order valence-corrected chi connectivity index (χ2v) is 9.94. The maximum atomic E-state index is 13.2. The molecule has 10 heteroatoms. The van der Waals surface area contributed by atoms with E-state index in [-0.39, 0.29) is 5.56 Å². The second kappa shape index (κ2) is 11.2. The SMILES string of the molecule is COc1ccc(Cn2nnnc2CN(Cc2ccc(C)cc2)Cc2cc3cc4c(cc3[nH]c2=O)OCCO4)cc1. The predicted molar refractivity (Wildman–Crippen MR) is 150 cm³/mol. The second-order valence-electron chi connectivity index (χ2n) is 9.94. The average molecular weight is 539 g/mol. The molecule has 0 aliphatic carbocycles. The molecule has 0 saturated heterocycles. The Bertz CT molecular complexity index is 1680. The molecular formula is C30H30N6O4. The van der Waals surface area contributed by atoms with Crippen LogP contribution in [0.5, 0.6) is 17.2 Å². The van der Waals surface area contributed by atoms with Crippen LogP contribution < -0.4 is 19.8 Å². The first kappa shape index (κ1) is 25.6. The molecule has 10 nitrogen and oxygen atoms in total. The fourth-order valence-electron chi connectivity index (χ4n) is 4.83. The van der Waals surface area contributed by atoms with E-state index in [2.05, 4.69) is 56.6 Å². The van der Waals surface area contributed by atoms with Crippen LogP contribution in [0, 0.1) is 6.92 Å². The van der Waals surface area contributed by atoms with Crippen molar-refractivity contribution in [2.45, 2.75) is 33.1 Å². The lowest BCUT2D eigenvalue weighted by molar-refractivity contribution is 0.172. The van der Waals surface area contributed by atoms with Crippen molar-refractivity contribution in [3.8, 4) is 17.2 Å². The molecule has 0 saturated carbocycles. The Morgan fingerprint density at radius 3 is 2.40 bits per heavy atom. The molecular weight excluding hydrogens is 508 g/mol. The van der Waals surface area contributed by atoms with Crippen molar-refractivity contribution in [2.24, 2.45) is 0 Å². The third-order valence-electron chi connectivity index (χ3n) is 6.97. The molecule has 0 spiro atoms. The number of H-pyrrole nitrogens is 1. The van der Waals surface area contributed by atoms with E-state index >= 15 is 0 Å². The molecule has 40 heavy (non-hydrogen) atoms. The summed E-state index contributed by atoms with van der Waals surface area (Å²) in [6.07, 6.45) is 0. The number of tetrazole rings is 1. The molecule has 1 aliphatic heterocycles. The Balaban J connectivity index is 1.29. The van der Waals surface area contributed by atoms with Crippen molar-refractivity contribution in [3.05, 3.63) is 105 Å². The van der Waals surface area contributed by atoms with Gasteiger partial charge in [0.05, 0.1) is 25.7 Å². The van der Waals surface area contributed by atoms with Gasteiger partial charge in [0.1, 0.15) is 19.0 Å². The van der Waals surface area contributed by atoms with Crippen molar-refractivity contribution >= 4 is 10.9 Å². The van der Waals surface area contributed by atoms with Crippen molar-refractivity contribution in [3.63, 3.8) is 0 Å². The van der Waals surface area contributed by atoms with E-state index in [9.17, 15) is 4.79 Å². The summed E-state index contributed by atoms with van der Waals surface area (Å²) in [5, 5.41) is 13.4. The number of methoxy groups -OCH3 is 1. The number of aromatic nitrogens is 5. The summed E-state index contributed by atoms with van der Waals surface area (Å²) in [6, 6.07) is 21.9. The fraction of sp³-hybridized carbons (Fsp3) is 0.267. The van der Waals surface area contributed by atoms with Crippen molar-refractivity contribution in [1.82, 2.24) is 30.1 Å². The number of fused-ring (bicyclic) bond motifs is 2. The minimum atomic E-state index is -0.143. The lowest BCUT2D eigenvalue weighted by Crippen LogP contribution is -2.28. The smallest absolute Gasteiger partial charge is 0.252 e. The van der Waals surface area contributed by atoms with Gasteiger partial charge in [-0.1, -0.05) is 42.0 Å². The molecule has 0 unspecified atom stereocenters. The van der Waals surface area contributed by atoms with Crippen LogP contribution >= 0.6 is 0 Å². The van der Waals surface area contributed by atoms with Crippen LogP contribution in [0.25, 0.3) is 10.9 Å². The van der Waals surface area contributed by atoms with Gasteiger partial charge in [-0.2, -0.15) is 0 Å². The average Bonchev–Trinajstić information content (AvgIpc) is 3.40. The highest BCUT2D eigenvalue weighted by molar-refractivity contribution is 5.83. The number of nitrogens with one attached hydrogen (secondary N) is 1. The van der Waals surface area contributed by atoms with Crippen molar-refractivity contribution < 1.29 is 14.2 Å². The number of pyridine rings is 1. The van der Waals surface area contributed by atoms with Gasteiger partial charge in [0.2, 0.25) is 0 Å². The lowest BCUT2D eigenvalue weighted by atomic mass is 10.1. The predicted octanol–water partition coefficient (Wildman–Crippen LogP) is 3.85. The highest BCUT2D eigenvalue weighted by Gasteiger charge is 2.18. The lowest BCUT2D eigenvalue weighted by Gasteiger charge is -2.22. The van der Waals surface area contributed by atoms with E-state index in [0.717, 1.165) is 22.3 Å². The summed E-state index contributed by atoms with van der Waals surface area (Å²) in [6.45, 7) is 5.06. The molecule has 3 heterocycles. The standard InChI is InChI=1S/C30H30N6O4/c1-20-3-5-21(6-4-20)16-35(19-29-32-33-34-36(29)17-22-7-9-25(38-2)10-8-22)18-24-13-23-14-27-28(40-12-11-39-27)15-26(23)31-30(24)37/h3-10,13-15H,11-12,16-19H2,1-2H3,(H,31,37). The molecule has 2 aromatic heterocycles. The van der Waals surface area contributed by atoms with Gasteiger partial charge in [-0.15, -0.1) is 5.10 Å². The van der Waals surface area contributed by atoms with Gasteiger partial charge in [0.15, 0.2) is 17.3 Å². The molecule has 6 rings (SSSR count). The Hall–Kier alpha value is -4.70. The van der Waals surface area contributed by atoms with Gasteiger partial charge < -0.3 is 19.2 Å². The van der Waals surface area contributed by atoms with E-state index in [1.165, 1.54) is 5.56 Å². The molecule has 1 aliphatic rings. The number of aromatic amines is 1. The number of aryl methyl sites for hydroxylation is 1. The van der Waals surface area contributed by atoms with Gasteiger partial charge in [-0.25, -0.2) is 4.68 Å². The Morgan fingerprint density at radius 1 is 0.925 bits per heavy atom. The number of rotatable bonds is 9. The third kappa shape index (κ3) is 5.67. The molecule has 0 atom stereocenters. The zero-order valence-corrected chi connectivity index (χ0v) is 22.5. The Kier molecular flexibility index (Phi) is 7.15.